The first-order valence-corrected chi connectivity index (χ1v) is 7.08. The number of carbonyl (C=O) groups is 1. The van der Waals surface area contributed by atoms with Crippen LogP contribution in [0.15, 0.2) is 18.5 Å². The molecule has 4 nitrogen and oxygen atoms in total. The molecule has 1 amide bonds. The minimum atomic E-state index is 0.0995. The van der Waals surface area contributed by atoms with Gasteiger partial charge in [0.1, 0.15) is 0 Å². The van der Waals surface area contributed by atoms with Crippen LogP contribution in [0.4, 0.5) is 0 Å². The molecule has 1 aromatic heterocycles. The summed E-state index contributed by atoms with van der Waals surface area (Å²) in [5.41, 5.74) is 1.73. The van der Waals surface area contributed by atoms with Crippen LogP contribution >= 0.6 is 0 Å². The molecule has 0 spiro atoms. The van der Waals surface area contributed by atoms with Gasteiger partial charge in [0, 0.05) is 37.6 Å². The lowest BCUT2D eigenvalue weighted by atomic mass is 9.98. The summed E-state index contributed by atoms with van der Waals surface area (Å²) in [5, 5.41) is 3.61. The van der Waals surface area contributed by atoms with E-state index in [2.05, 4.69) is 10.3 Å². The van der Waals surface area contributed by atoms with Crippen molar-refractivity contribution in [1.29, 1.82) is 0 Å². The fourth-order valence-corrected chi connectivity index (χ4v) is 3.38. The van der Waals surface area contributed by atoms with E-state index >= 15 is 0 Å². The molecule has 2 atom stereocenters. The molecular formula is C15H21N3O. The van der Waals surface area contributed by atoms with E-state index in [-0.39, 0.29) is 5.91 Å². The zero-order valence-electron chi connectivity index (χ0n) is 11.6. The first-order chi connectivity index (χ1) is 9.13. The van der Waals surface area contributed by atoms with Crippen LogP contribution in [0.1, 0.15) is 41.6 Å². The van der Waals surface area contributed by atoms with Gasteiger partial charge in [0.15, 0.2) is 0 Å². The molecule has 2 aliphatic heterocycles. The van der Waals surface area contributed by atoms with Gasteiger partial charge in [0.25, 0.3) is 5.91 Å². The Balaban J connectivity index is 1.73. The second kappa shape index (κ2) is 4.93. The number of carbonyl (C=O) groups excluding carboxylic acids is 1. The summed E-state index contributed by atoms with van der Waals surface area (Å²) in [6.07, 6.45) is 8.13. The van der Waals surface area contributed by atoms with Crippen molar-refractivity contribution >= 4 is 5.91 Å². The quantitative estimate of drug-likeness (QED) is 0.880. The fraction of sp³-hybridized carbons (Fsp3) is 0.600. The van der Waals surface area contributed by atoms with Gasteiger partial charge in [0.2, 0.25) is 0 Å². The second-order valence-corrected chi connectivity index (χ2v) is 5.93. The van der Waals surface area contributed by atoms with E-state index in [0.29, 0.717) is 23.7 Å². The fourth-order valence-electron chi connectivity index (χ4n) is 3.38. The van der Waals surface area contributed by atoms with Crippen molar-refractivity contribution in [3.63, 3.8) is 0 Å². The van der Waals surface area contributed by atoms with Gasteiger partial charge >= 0.3 is 0 Å². The Morgan fingerprint density at radius 2 is 2.00 bits per heavy atom. The highest BCUT2D eigenvalue weighted by molar-refractivity contribution is 5.94. The maximum absolute atomic E-state index is 12.5. The number of piperidine rings is 1. The van der Waals surface area contributed by atoms with Crippen LogP contribution in [0.2, 0.25) is 0 Å². The molecule has 102 valence electrons. The van der Waals surface area contributed by atoms with E-state index in [1.54, 1.807) is 12.4 Å². The molecule has 2 fully saturated rings. The van der Waals surface area contributed by atoms with Crippen molar-refractivity contribution in [3.8, 4) is 0 Å². The van der Waals surface area contributed by atoms with Crippen molar-refractivity contribution in [2.24, 2.45) is 0 Å². The van der Waals surface area contributed by atoms with Gasteiger partial charge in [-0.15, -0.1) is 0 Å². The van der Waals surface area contributed by atoms with Gasteiger partial charge in [0.05, 0.1) is 5.56 Å². The molecule has 3 heterocycles. The number of nitrogens with one attached hydrogen (secondary N) is 1. The number of aromatic nitrogens is 1. The Labute approximate surface area is 114 Å². The predicted molar refractivity (Wildman–Crippen MR) is 74.0 cm³/mol. The lowest BCUT2D eigenvalue weighted by Gasteiger charge is -2.35. The zero-order valence-corrected chi connectivity index (χ0v) is 11.6. The zero-order chi connectivity index (χ0) is 13.4. The molecule has 1 aromatic rings. The minimum absolute atomic E-state index is 0.0995. The molecule has 2 bridgehead atoms. The molecular weight excluding hydrogens is 238 g/mol. The van der Waals surface area contributed by atoms with Gasteiger partial charge in [-0.3, -0.25) is 9.78 Å². The summed E-state index contributed by atoms with van der Waals surface area (Å²) in [6, 6.07) is 3.50. The molecule has 0 radical (unpaired) electrons. The van der Waals surface area contributed by atoms with Crippen molar-refractivity contribution in [2.75, 3.05) is 7.05 Å². The SMILES string of the molecule is Cc1cncc(C(=O)N(C)C2CC3CCC(C2)N3)c1. The third-order valence-corrected chi connectivity index (χ3v) is 4.44. The summed E-state index contributed by atoms with van der Waals surface area (Å²) >= 11 is 0. The number of hydrogen-bond acceptors (Lipinski definition) is 3. The average Bonchev–Trinajstić information content (AvgIpc) is 2.76. The molecule has 2 aliphatic rings. The van der Waals surface area contributed by atoms with Crippen molar-refractivity contribution < 1.29 is 4.79 Å². The Hall–Kier alpha value is -1.42. The first kappa shape index (κ1) is 12.6. The Morgan fingerprint density at radius 3 is 2.63 bits per heavy atom. The van der Waals surface area contributed by atoms with Gasteiger partial charge in [-0.1, -0.05) is 0 Å². The number of rotatable bonds is 2. The summed E-state index contributed by atoms with van der Waals surface area (Å²) in [7, 11) is 1.93. The van der Waals surface area contributed by atoms with E-state index < -0.39 is 0 Å². The molecule has 0 aromatic carbocycles. The number of pyridine rings is 1. The monoisotopic (exact) mass is 259 g/mol. The standard InChI is InChI=1S/C15H21N3O/c1-10-5-11(9-16-8-10)15(19)18(2)14-6-12-3-4-13(7-14)17-12/h5,8-9,12-14,17H,3-4,6-7H2,1-2H3. The third-order valence-electron chi connectivity index (χ3n) is 4.44. The highest BCUT2D eigenvalue weighted by Crippen LogP contribution is 2.29. The highest BCUT2D eigenvalue weighted by atomic mass is 16.2. The summed E-state index contributed by atoms with van der Waals surface area (Å²) in [6.45, 7) is 1.97. The predicted octanol–water partition coefficient (Wildman–Crippen LogP) is 1.75. The number of amides is 1. The topological polar surface area (TPSA) is 45.2 Å². The number of hydrogen-bond donors (Lipinski definition) is 1. The van der Waals surface area contributed by atoms with Gasteiger partial charge in [-0.2, -0.15) is 0 Å². The number of fused-ring (bicyclic) bond motifs is 2. The molecule has 0 aliphatic carbocycles. The lowest BCUT2D eigenvalue weighted by Crippen LogP contribution is -2.48. The summed E-state index contributed by atoms with van der Waals surface area (Å²) in [4.78, 5) is 18.5. The smallest absolute Gasteiger partial charge is 0.255 e. The lowest BCUT2D eigenvalue weighted by molar-refractivity contribution is 0.0681. The third kappa shape index (κ3) is 2.50. The average molecular weight is 259 g/mol. The Morgan fingerprint density at radius 1 is 1.32 bits per heavy atom. The van der Waals surface area contributed by atoms with Gasteiger partial charge in [-0.05, 0) is 44.2 Å². The van der Waals surface area contributed by atoms with Crippen molar-refractivity contribution in [1.82, 2.24) is 15.2 Å². The summed E-state index contributed by atoms with van der Waals surface area (Å²) < 4.78 is 0. The maximum Gasteiger partial charge on any atom is 0.255 e. The van der Waals surface area contributed by atoms with E-state index in [1.807, 2.05) is 24.9 Å². The first-order valence-electron chi connectivity index (χ1n) is 7.08. The molecule has 1 N–H and O–H groups in total. The molecule has 3 rings (SSSR count). The van der Waals surface area contributed by atoms with E-state index in [0.717, 1.165) is 18.4 Å². The molecule has 19 heavy (non-hydrogen) atoms. The highest BCUT2D eigenvalue weighted by Gasteiger charge is 2.36. The summed E-state index contributed by atoms with van der Waals surface area (Å²) in [5.74, 6) is 0.0995. The largest absolute Gasteiger partial charge is 0.339 e. The van der Waals surface area contributed by atoms with Gasteiger partial charge < -0.3 is 10.2 Å². The van der Waals surface area contributed by atoms with Crippen LogP contribution in [-0.4, -0.2) is 41.0 Å². The molecule has 2 unspecified atom stereocenters. The second-order valence-electron chi connectivity index (χ2n) is 5.93. The van der Waals surface area contributed by atoms with E-state index in [4.69, 9.17) is 0 Å². The minimum Gasteiger partial charge on any atom is -0.339 e. The van der Waals surface area contributed by atoms with Crippen LogP contribution in [0, 0.1) is 6.92 Å². The Bertz CT molecular complexity index is 476. The molecule has 4 heteroatoms. The van der Waals surface area contributed by atoms with Crippen LogP contribution in [0.5, 0.6) is 0 Å². The number of aryl methyl sites for hydroxylation is 1. The Kier molecular flexibility index (Phi) is 3.27. The number of nitrogens with zero attached hydrogens (tertiary/aromatic N) is 2. The van der Waals surface area contributed by atoms with Crippen LogP contribution < -0.4 is 5.32 Å². The molecule has 0 saturated carbocycles. The van der Waals surface area contributed by atoms with Crippen molar-refractivity contribution in [3.05, 3.63) is 29.6 Å². The maximum atomic E-state index is 12.5. The van der Waals surface area contributed by atoms with Crippen LogP contribution in [-0.2, 0) is 0 Å². The van der Waals surface area contributed by atoms with Crippen LogP contribution in [0.3, 0.4) is 0 Å². The van der Waals surface area contributed by atoms with Gasteiger partial charge in [-0.25, -0.2) is 0 Å². The van der Waals surface area contributed by atoms with Crippen LogP contribution in [0.25, 0.3) is 0 Å². The van der Waals surface area contributed by atoms with Crippen molar-refractivity contribution in [2.45, 2.75) is 50.7 Å². The molecule has 2 saturated heterocycles. The van der Waals surface area contributed by atoms with E-state index in [1.165, 1.54) is 12.8 Å². The normalized spacial score (nSPS) is 29.3. The van der Waals surface area contributed by atoms with E-state index in [9.17, 15) is 4.79 Å².